The van der Waals surface area contributed by atoms with Gasteiger partial charge in [0.15, 0.2) is 0 Å². The Bertz CT molecular complexity index is 1010. The first-order chi connectivity index (χ1) is 13.2. The Morgan fingerprint density at radius 2 is 2.00 bits per heavy atom. The lowest BCUT2D eigenvalue weighted by Crippen LogP contribution is -2.11. The molecular weight excluding hydrogens is 338 g/mol. The number of carbonyl (C=O) groups excluding carboxylic acids is 1. The van der Waals surface area contributed by atoms with E-state index in [1.807, 2.05) is 43.3 Å². The molecule has 0 amide bonds. The molecule has 2 aromatic carbocycles. The number of benzene rings is 2. The summed E-state index contributed by atoms with van der Waals surface area (Å²) < 4.78 is 5.20. The van der Waals surface area contributed by atoms with Crippen LogP contribution in [-0.2, 0) is 17.7 Å². The van der Waals surface area contributed by atoms with Crippen LogP contribution in [0.5, 0.6) is 0 Å². The van der Waals surface area contributed by atoms with Crippen molar-refractivity contribution in [2.45, 2.75) is 26.8 Å². The summed E-state index contributed by atoms with van der Waals surface area (Å²) in [5, 5.41) is 13.5. The number of anilines is 1. The van der Waals surface area contributed by atoms with Crippen LogP contribution < -0.4 is 5.32 Å². The molecule has 0 spiro atoms. The van der Waals surface area contributed by atoms with Gasteiger partial charge in [-0.05, 0) is 36.6 Å². The van der Waals surface area contributed by atoms with Crippen molar-refractivity contribution in [3.05, 3.63) is 70.9 Å². The van der Waals surface area contributed by atoms with Crippen LogP contribution >= 0.6 is 0 Å². The summed E-state index contributed by atoms with van der Waals surface area (Å²) in [7, 11) is 0. The summed E-state index contributed by atoms with van der Waals surface area (Å²) in [6, 6.07) is 15.7. The molecule has 1 N–H and O–H groups in total. The molecule has 0 atom stereocenters. The summed E-state index contributed by atoms with van der Waals surface area (Å²) in [6.07, 6.45) is 2.30. The van der Waals surface area contributed by atoms with E-state index < -0.39 is 5.97 Å². The predicted octanol–water partition coefficient (Wildman–Crippen LogP) is 4.46. The van der Waals surface area contributed by atoms with Crippen LogP contribution in [0.2, 0.25) is 0 Å². The molecule has 0 fully saturated rings. The smallest absolute Gasteiger partial charge is 0.341 e. The van der Waals surface area contributed by atoms with Crippen LogP contribution in [0.25, 0.3) is 10.9 Å². The van der Waals surface area contributed by atoms with E-state index in [1.165, 1.54) is 0 Å². The van der Waals surface area contributed by atoms with Crippen LogP contribution in [0.15, 0.2) is 48.7 Å². The van der Waals surface area contributed by atoms with Gasteiger partial charge >= 0.3 is 5.97 Å². The number of nitriles is 1. The van der Waals surface area contributed by atoms with Crippen LogP contribution in [-0.4, -0.2) is 17.6 Å². The Balaban J connectivity index is 2.16. The van der Waals surface area contributed by atoms with E-state index in [2.05, 4.69) is 16.4 Å². The van der Waals surface area contributed by atoms with E-state index in [-0.39, 0.29) is 6.61 Å². The van der Waals surface area contributed by atoms with Gasteiger partial charge in [-0.3, -0.25) is 4.98 Å². The van der Waals surface area contributed by atoms with E-state index in [4.69, 9.17) is 4.74 Å². The van der Waals surface area contributed by atoms with E-state index in [0.717, 1.165) is 28.5 Å². The number of rotatable bonds is 6. The van der Waals surface area contributed by atoms with Crippen LogP contribution in [0.3, 0.4) is 0 Å². The number of fused-ring (bicyclic) bond motifs is 1. The third kappa shape index (κ3) is 3.90. The Morgan fingerprint density at radius 1 is 1.22 bits per heavy atom. The zero-order chi connectivity index (χ0) is 19.2. The second-order valence-corrected chi connectivity index (χ2v) is 6.10. The number of pyridine rings is 1. The lowest BCUT2D eigenvalue weighted by molar-refractivity contribution is 0.0527. The molecule has 0 aliphatic carbocycles. The Kier molecular flexibility index (Phi) is 5.68. The van der Waals surface area contributed by atoms with Gasteiger partial charge in [-0.1, -0.05) is 37.3 Å². The Hall–Kier alpha value is -3.39. The predicted molar refractivity (Wildman–Crippen MR) is 106 cm³/mol. The molecule has 1 aromatic heterocycles. The van der Waals surface area contributed by atoms with Gasteiger partial charge in [0, 0.05) is 18.1 Å². The number of nitrogens with zero attached hydrogens (tertiary/aromatic N) is 2. The highest BCUT2D eigenvalue weighted by Gasteiger charge is 2.18. The molecule has 136 valence electrons. The molecule has 0 aliphatic heterocycles. The Labute approximate surface area is 158 Å². The molecule has 0 aliphatic rings. The zero-order valence-corrected chi connectivity index (χ0v) is 15.5. The average Bonchev–Trinajstić information content (AvgIpc) is 2.71. The lowest BCUT2D eigenvalue weighted by atomic mass is 10.0. The van der Waals surface area contributed by atoms with Crippen molar-refractivity contribution in [3.63, 3.8) is 0 Å². The van der Waals surface area contributed by atoms with Gasteiger partial charge < -0.3 is 10.1 Å². The molecule has 0 saturated carbocycles. The van der Waals surface area contributed by atoms with Crippen molar-refractivity contribution in [2.24, 2.45) is 0 Å². The topological polar surface area (TPSA) is 75.0 Å². The minimum atomic E-state index is -0.428. The third-order valence-electron chi connectivity index (χ3n) is 4.37. The van der Waals surface area contributed by atoms with Crippen molar-refractivity contribution >= 4 is 22.6 Å². The number of esters is 1. The number of aromatic nitrogens is 1. The molecule has 3 aromatic rings. The van der Waals surface area contributed by atoms with Gasteiger partial charge in [-0.25, -0.2) is 4.79 Å². The fourth-order valence-electron chi connectivity index (χ4n) is 3.05. The molecule has 27 heavy (non-hydrogen) atoms. The normalized spacial score (nSPS) is 10.4. The monoisotopic (exact) mass is 359 g/mol. The maximum atomic E-state index is 12.5. The molecule has 0 unspecified atom stereocenters. The second-order valence-electron chi connectivity index (χ2n) is 6.10. The average molecular weight is 359 g/mol. The highest BCUT2D eigenvalue weighted by atomic mass is 16.5. The maximum absolute atomic E-state index is 12.5. The third-order valence-corrected chi connectivity index (χ3v) is 4.37. The quantitative estimate of drug-likeness (QED) is 0.658. The van der Waals surface area contributed by atoms with Crippen molar-refractivity contribution in [1.82, 2.24) is 4.98 Å². The van der Waals surface area contributed by atoms with E-state index in [9.17, 15) is 10.1 Å². The van der Waals surface area contributed by atoms with Crippen LogP contribution in [0.1, 0.15) is 40.9 Å². The molecule has 0 radical (unpaired) electrons. The summed E-state index contributed by atoms with van der Waals surface area (Å²) in [5.41, 5.74) is 4.42. The minimum Gasteiger partial charge on any atom is -0.462 e. The molecule has 1 heterocycles. The molecular formula is C22H21N3O2. The highest BCUT2D eigenvalue weighted by Crippen LogP contribution is 2.30. The van der Waals surface area contributed by atoms with Gasteiger partial charge in [-0.15, -0.1) is 0 Å². The number of nitrogens with one attached hydrogen (secondary N) is 1. The summed E-state index contributed by atoms with van der Waals surface area (Å²) in [5.74, 6) is -0.428. The van der Waals surface area contributed by atoms with Crippen molar-refractivity contribution in [3.8, 4) is 6.07 Å². The van der Waals surface area contributed by atoms with Gasteiger partial charge in [0.2, 0.25) is 0 Å². The molecule has 0 saturated heterocycles. The van der Waals surface area contributed by atoms with E-state index in [0.29, 0.717) is 23.4 Å². The first kappa shape index (κ1) is 18.4. The van der Waals surface area contributed by atoms with Crippen LogP contribution in [0.4, 0.5) is 5.69 Å². The maximum Gasteiger partial charge on any atom is 0.341 e. The fraction of sp³-hybridized carbons (Fsp3) is 0.227. The number of aryl methyl sites for hydroxylation is 1. The van der Waals surface area contributed by atoms with Crippen molar-refractivity contribution in [2.75, 3.05) is 11.9 Å². The SMILES string of the molecule is CCOC(=O)c1cnc2c(CC)cc(C#N)cc2c1NCc1ccccc1. The first-order valence-corrected chi connectivity index (χ1v) is 8.98. The second kappa shape index (κ2) is 8.33. The van der Waals surface area contributed by atoms with E-state index >= 15 is 0 Å². The summed E-state index contributed by atoms with van der Waals surface area (Å²) in [4.78, 5) is 17.0. The molecule has 5 heteroatoms. The largest absolute Gasteiger partial charge is 0.462 e. The Morgan fingerprint density at radius 3 is 2.67 bits per heavy atom. The fourth-order valence-corrected chi connectivity index (χ4v) is 3.05. The summed E-state index contributed by atoms with van der Waals surface area (Å²) in [6.45, 7) is 4.62. The number of ether oxygens (including phenoxy) is 1. The molecule has 0 bridgehead atoms. The van der Waals surface area contributed by atoms with Gasteiger partial charge in [0.25, 0.3) is 0 Å². The first-order valence-electron chi connectivity index (χ1n) is 8.98. The molecule has 5 nitrogen and oxygen atoms in total. The summed E-state index contributed by atoms with van der Waals surface area (Å²) >= 11 is 0. The molecule has 3 rings (SSSR count). The standard InChI is InChI=1S/C22H21N3O2/c1-3-17-10-16(12-23)11-18-20(17)25-14-19(22(26)27-4-2)21(18)24-13-15-8-6-5-7-9-15/h5-11,14H,3-4,13H2,1-2H3,(H,24,25). The van der Waals surface area contributed by atoms with E-state index in [1.54, 1.807) is 19.2 Å². The lowest BCUT2D eigenvalue weighted by Gasteiger charge is -2.16. The minimum absolute atomic E-state index is 0.285. The van der Waals surface area contributed by atoms with Gasteiger partial charge in [0.1, 0.15) is 5.56 Å². The van der Waals surface area contributed by atoms with Crippen molar-refractivity contribution in [1.29, 1.82) is 5.26 Å². The van der Waals surface area contributed by atoms with Gasteiger partial charge in [-0.2, -0.15) is 5.26 Å². The number of hydrogen-bond acceptors (Lipinski definition) is 5. The highest BCUT2D eigenvalue weighted by molar-refractivity contribution is 6.05. The zero-order valence-electron chi connectivity index (χ0n) is 15.5. The van der Waals surface area contributed by atoms with Gasteiger partial charge in [0.05, 0.1) is 29.4 Å². The van der Waals surface area contributed by atoms with Crippen LogP contribution in [0, 0.1) is 11.3 Å². The number of hydrogen-bond donors (Lipinski definition) is 1. The van der Waals surface area contributed by atoms with Crippen molar-refractivity contribution < 1.29 is 9.53 Å². The number of carbonyl (C=O) groups is 1.